The summed E-state index contributed by atoms with van der Waals surface area (Å²) in [6.07, 6.45) is -5.17. The van der Waals surface area contributed by atoms with E-state index in [1.165, 1.54) is 0 Å². The van der Waals surface area contributed by atoms with Crippen molar-refractivity contribution in [3.05, 3.63) is 0 Å². The molecule has 5 nitrogen and oxygen atoms in total. The van der Waals surface area contributed by atoms with Gasteiger partial charge < -0.3 is 10.0 Å². The van der Waals surface area contributed by atoms with Gasteiger partial charge in [-0.3, -0.25) is 14.4 Å². The first-order chi connectivity index (χ1) is 8.23. The van der Waals surface area contributed by atoms with E-state index in [1.807, 2.05) is 0 Å². The maximum atomic E-state index is 12.4. The number of fused-ring (bicyclic) bond motifs is 1. The lowest BCUT2D eigenvalue weighted by Crippen LogP contribution is -2.65. The number of amides is 1. The number of carbonyl (C=O) groups excluding carboxylic acids is 2. The lowest BCUT2D eigenvalue weighted by molar-refractivity contribution is -0.198. The van der Waals surface area contributed by atoms with E-state index in [-0.39, 0.29) is 25.2 Å². The number of aliphatic carboxylic acids is 1. The van der Waals surface area contributed by atoms with Crippen LogP contribution in [0.4, 0.5) is 13.2 Å². The molecule has 0 radical (unpaired) electrons. The van der Waals surface area contributed by atoms with Crippen molar-refractivity contribution in [2.45, 2.75) is 25.1 Å². The number of Topliss-reactive ketones (excluding diaryl/α,β-unsaturated/α-hetero) is 1. The van der Waals surface area contributed by atoms with Crippen LogP contribution in [0.15, 0.2) is 0 Å². The molecule has 1 saturated heterocycles. The maximum absolute atomic E-state index is 12.4. The Morgan fingerprint density at radius 3 is 2.44 bits per heavy atom. The number of halogens is 3. The normalized spacial score (nSPS) is 31.6. The minimum Gasteiger partial charge on any atom is -0.481 e. The smallest absolute Gasteiger partial charge is 0.471 e. The molecule has 1 aliphatic carbocycles. The fraction of sp³-hybridized carbons (Fsp3) is 0.700. The lowest BCUT2D eigenvalue weighted by Gasteiger charge is -2.50. The predicted octanol–water partition coefficient (Wildman–Crippen LogP) is 0.439. The highest BCUT2D eigenvalue weighted by Crippen LogP contribution is 2.43. The van der Waals surface area contributed by atoms with Crippen LogP contribution in [0.25, 0.3) is 0 Å². The van der Waals surface area contributed by atoms with Crippen LogP contribution in [0.3, 0.4) is 0 Å². The first kappa shape index (κ1) is 12.8. The van der Waals surface area contributed by atoms with Gasteiger partial charge in [-0.25, -0.2) is 0 Å². The molecule has 18 heavy (non-hydrogen) atoms. The maximum Gasteiger partial charge on any atom is 0.471 e. The van der Waals surface area contributed by atoms with Gasteiger partial charge in [-0.2, -0.15) is 13.2 Å². The van der Waals surface area contributed by atoms with E-state index in [1.54, 1.807) is 0 Å². The molecule has 0 unspecified atom stereocenters. The van der Waals surface area contributed by atoms with Crippen LogP contribution in [-0.2, 0) is 14.4 Å². The summed E-state index contributed by atoms with van der Waals surface area (Å²) in [4.78, 5) is 33.9. The van der Waals surface area contributed by atoms with Gasteiger partial charge in [0.05, 0.1) is 12.0 Å². The minimum absolute atomic E-state index is 0.0144. The lowest BCUT2D eigenvalue weighted by atomic mass is 9.64. The number of ketones is 1. The van der Waals surface area contributed by atoms with Crippen molar-refractivity contribution in [1.82, 2.24) is 4.90 Å². The van der Waals surface area contributed by atoms with Crippen LogP contribution >= 0.6 is 0 Å². The fourth-order valence-electron chi connectivity index (χ4n) is 2.61. The summed E-state index contributed by atoms with van der Waals surface area (Å²) in [6.45, 7) is -0.359. The third-order valence-corrected chi connectivity index (χ3v) is 3.53. The molecule has 2 fully saturated rings. The Hall–Kier alpha value is -1.60. The van der Waals surface area contributed by atoms with Crippen molar-refractivity contribution < 1.29 is 32.7 Å². The van der Waals surface area contributed by atoms with Crippen molar-refractivity contribution >= 4 is 17.7 Å². The van der Waals surface area contributed by atoms with Crippen LogP contribution in [0, 0.1) is 11.8 Å². The van der Waals surface area contributed by atoms with Gasteiger partial charge in [0, 0.05) is 18.9 Å². The zero-order valence-corrected chi connectivity index (χ0v) is 9.11. The molecule has 100 valence electrons. The minimum atomic E-state index is -5.04. The Labute approximate surface area is 99.5 Å². The Balaban J connectivity index is 2.23. The topological polar surface area (TPSA) is 74.7 Å². The van der Waals surface area contributed by atoms with E-state index in [4.69, 9.17) is 5.11 Å². The van der Waals surface area contributed by atoms with Gasteiger partial charge >= 0.3 is 18.1 Å². The van der Waals surface area contributed by atoms with Gasteiger partial charge in [-0.1, -0.05) is 0 Å². The monoisotopic (exact) mass is 265 g/mol. The van der Waals surface area contributed by atoms with Gasteiger partial charge in [-0.15, -0.1) is 0 Å². The Kier molecular flexibility index (Phi) is 2.83. The van der Waals surface area contributed by atoms with E-state index in [0.29, 0.717) is 4.90 Å². The third-order valence-electron chi connectivity index (χ3n) is 3.53. The number of carbonyl (C=O) groups is 3. The molecular weight excluding hydrogens is 255 g/mol. The molecule has 3 atom stereocenters. The van der Waals surface area contributed by atoms with Crippen molar-refractivity contribution in [2.75, 3.05) is 6.54 Å². The highest BCUT2D eigenvalue weighted by molar-refractivity contribution is 5.91. The summed E-state index contributed by atoms with van der Waals surface area (Å²) >= 11 is 0. The zero-order chi connectivity index (χ0) is 13.7. The molecule has 2 rings (SSSR count). The molecule has 2 aliphatic rings. The van der Waals surface area contributed by atoms with Crippen molar-refractivity contribution in [3.63, 3.8) is 0 Å². The summed E-state index contributed by atoms with van der Waals surface area (Å²) < 4.78 is 37.1. The molecule has 0 aromatic carbocycles. The third kappa shape index (κ3) is 1.85. The molecule has 8 heteroatoms. The number of hydrogen-bond acceptors (Lipinski definition) is 3. The van der Waals surface area contributed by atoms with Crippen LogP contribution in [-0.4, -0.2) is 46.4 Å². The molecule has 0 aromatic rings. The molecule has 0 spiro atoms. The first-order valence-electron chi connectivity index (χ1n) is 5.37. The van der Waals surface area contributed by atoms with Gasteiger partial charge in [0.2, 0.25) is 0 Å². The second-order valence-corrected chi connectivity index (χ2v) is 4.49. The van der Waals surface area contributed by atoms with Crippen LogP contribution in [0.2, 0.25) is 0 Å². The number of hydrogen-bond donors (Lipinski definition) is 1. The van der Waals surface area contributed by atoms with Crippen LogP contribution < -0.4 is 0 Å². The number of piperidine rings is 1. The SMILES string of the molecule is O=C(O)[C@@H]1C[C@H]2C(=O)CCN(C(=O)C(F)(F)F)[C@@H]12. The zero-order valence-electron chi connectivity index (χ0n) is 9.11. The number of carboxylic acids is 1. The van der Waals surface area contributed by atoms with E-state index in [2.05, 4.69) is 0 Å². The molecule has 1 saturated carbocycles. The standard InChI is InChI=1S/C10H10F3NO4/c11-10(12,13)9(18)14-2-1-6(15)4-3-5(7(4)14)8(16)17/h4-5,7H,1-3H2,(H,16,17)/t4-,5+,7+/m0/s1. The number of alkyl halides is 3. The average molecular weight is 265 g/mol. The van der Waals surface area contributed by atoms with Crippen LogP contribution in [0.1, 0.15) is 12.8 Å². The number of carboxylic acid groups (broad SMARTS) is 1. The second-order valence-electron chi connectivity index (χ2n) is 4.49. The summed E-state index contributed by atoms with van der Waals surface area (Å²) in [5.41, 5.74) is 0. The first-order valence-corrected chi connectivity index (χ1v) is 5.37. The number of nitrogens with zero attached hydrogens (tertiary/aromatic N) is 1. The fourth-order valence-corrected chi connectivity index (χ4v) is 2.61. The van der Waals surface area contributed by atoms with Crippen molar-refractivity contribution in [3.8, 4) is 0 Å². The number of likely N-dealkylation sites (tertiary alicyclic amines) is 1. The van der Waals surface area contributed by atoms with Gasteiger partial charge in [0.15, 0.2) is 0 Å². The number of rotatable bonds is 1. The summed E-state index contributed by atoms with van der Waals surface area (Å²) in [6, 6.07) is -1.14. The predicted molar refractivity (Wildman–Crippen MR) is 50.4 cm³/mol. The van der Waals surface area contributed by atoms with E-state index >= 15 is 0 Å². The molecule has 1 aliphatic heterocycles. The van der Waals surface area contributed by atoms with E-state index in [0.717, 1.165) is 0 Å². The Bertz CT molecular complexity index is 416. The second kappa shape index (κ2) is 3.96. The summed E-state index contributed by atoms with van der Waals surface area (Å²) in [5, 5.41) is 8.83. The molecule has 1 amide bonds. The molecule has 1 N–H and O–H groups in total. The summed E-state index contributed by atoms with van der Waals surface area (Å²) in [7, 11) is 0. The Morgan fingerprint density at radius 1 is 1.33 bits per heavy atom. The largest absolute Gasteiger partial charge is 0.481 e. The van der Waals surface area contributed by atoms with Crippen molar-refractivity contribution in [2.24, 2.45) is 11.8 Å². The molecule has 0 aromatic heterocycles. The van der Waals surface area contributed by atoms with Crippen molar-refractivity contribution in [1.29, 1.82) is 0 Å². The van der Waals surface area contributed by atoms with Gasteiger partial charge in [0.1, 0.15) is 5.78 Å². The molecule has 0 bridgehead atoms. The molecular formula is C10H10F3NO4. The molecule has 1 heterocycles. The average Bonchev–Trinajstić information content (AvgIpc) is 2.17. The highest BCUT2D eigenvalue weighted by Gasteiger charge is 2.58. The highest BCUT2D eigenvalue weighted by atomic mass is 19.4. The van der Waals surface area contributed by atoms with E-state index < -0.39 is 35.9 Å². The summed E-state index contributed by atoms with van der Waals surface area (Å²) in [5.74, 6) is -5.43. The van der Waals surface area contributed by atoms with E-state index in [9.17, 15) is 27.6 Å². The van der Waals surface area contributed by atoms with Gasteiger partial charge in [0.25, 0.3) is 0 Å². The Morgan fingerprint density at radius 2 is 1.94 bits per heavy atom. The quantitative estimate of drug-likeness (QED) is 0.746. The van der Waals surface area contributed by atoms with Gasteiger partial charge in [-0.05, 0) is 6.42 Å². The van der Waals surface area contributed by atoms with Crippen LogP contribution in [0.5, 0.6) is 0 Å².